The second-order valence-corrected chi connectivity index (χ2v) is 6.93. The minimum absolute atomic E-state index is 0.153. The van der Waals surface area contributed by atoms with Crippen LogP contribution in [-0.2, 0) is 8.85 Å². The third-order valence-electron chi connectivity index (χ3n) is 2.28. The zero-order valence-electron chi connectivity index (χ0n) is 8.88. The summed E-state index contributed by atoms with van der Waals surface area (Å²) in [5, 5.41) is 0. The number of hydrogen-bond donors (Lipinski definition) is 2. The highest BCUT2D eigenvalue weighted by Gasteiger charge is 2.30. The molecule has 0 saturated carbocycles. The number of rotatable bonds is 7. The molecule has 0 amide bonds. The predicted octanol–water partition coefficient (Wildman–Crippen LogP) is 0.417. The first kappa shape index (κ1) is 13.1. The van der Waals surface area contributed by atoms with Gasteiger partial charge in [-0.3, -0.25) is 0 Å². The molecule has 0 saturated heterocycles. The Morgan fingerprint density at radius 3 is 2.23 bits per heavy atom. The van der Waals surface area contributed by atoms with Crippen LogP contribution < -0.4 is 11.5 Å². The molecule has 5 heteroatoms. The molecular weight excluding hydrogens is 184 g/mol. The second kappa shape index (κ2) is 6.50. The predicted molar refractivity (Wildman–Crippen MR) is 56.7 cm³/mol. The van der Waals surface area contributed by atoms with Crippen molar-refractivity contribution in [3.8, 4) is 0 Å². The Morgan fingerprint density at radius 2 is 1.85 bits per heavy atom. The lowest BCUT2D eigenvalue weighted by Crippen LogP contribution is -2.42. The zero-order valence-corrected chi connectivity index (χ0v) is 9.88. The fourth-order valence-corrected chi connectivity index (χ4v) is 2.87. The van der Waals surface area contributed by atoms with Gasteiger partial charge in [0.1, 0.15) is 0 Å². The van der Waals surface area contributed by atoms with Gasteiger partial charge in [-0.25, -0.2) is 0 Å². The van der Waals surface area contributed by atoms with E-state index in [2.05, 4.69) is 0 Å². The van der Waals surface area contributed by atoms with E-state index in [1.807, 2.05) is 6.55 Å². The van der Waals surface area contributed by atoms with Crippen LogP contribution in [0, 0.1) is 0 Å². The lowest BCUT2D eigenvalue weighted by molar-refractivity contribution is 0.245. The molecule has 80 valence electrons. The summed E-state index contributed by atoms with van der Waals surface area (Å²) >= 11 is 0. The smallest absolute Gasteiger partial charge is 0.335 e. The van der Waals surface area contributed by atoms with Crippen LogP contribution in [-0.4, -0.2) is 35.4 Å². The summed E-state index contributed by atoms with van der Waals surface area (Å²) in [4.78, 5) is 0. The summed E-state index contributed by atoms with van der Waals surface area (Å²) in [5.41, 5.74) is 11.3. The third kappa shape index (κ3) is 5.38. The summed E-state index contributed by atoms with van der Waals surface area (Å²) in [5.74, 6) is 0. The summed E-state index contributed by atoms with van der Waals surface area (Å²) < 4.78 is 10.7. The molecule has 0 aliphatic heterocycles. The van der Waals surface area contributed by atoms with Crippen molar-refractivity contribution in [1.82, 2.24) is 0 Å². The van der Waals surface area contributed by atoms with Crippen molar-refractivity contribution in [2.75, 3.05) is 20.8 Å². The SMILES string of the molecule is CO[Si](C)(CC(N)CCCN)OC. The highest BCUT2D eigenvalue weighted by Crippen LogP contribution is 2.15. The van der Waals surface area contributed by atoms with Crippen molar-refractivity contribution in [2.45, 2.75) is 31.5 Å². The van der Waals surface area contributed by atoms with E-state index >= 15 is 0 Å². The highest BCUT2D eigenvalue weighted by molar-refractivity contribution is 6.66. The second-order valence-electron chi connectivity index (χ2n) is 3.44. The van der Waals surface area contributed by atoms with Gasteiger partial charge in [0.15, 0.2) is 0 Å². The van der Waals surface area contributed by atoms with Gasteiger partial charge in [0.25, 0.3) is 0 Å². The van der Waals surface area contributed by atoms with Crippen LogP contribution in [0.1, 0.15) is 12.8 Å². The molecule has 0 fully saturated rings. The van der Waals surface area contributed by atoms with E-state index in [0.29, 0.717) is 6.54 Å². The molecule has 0 rings (SSSR count). The Bertz CT molecular complexity index is 131. The Labute approximate surface area is 81.8 Å². The Kier molecular flexibility index (Phi) is 6.53. The van der Waals surface area contributed by atoms with Gasteiger partial charge in [0.2, 0.25) is 0 Å². The average molecular weight is 206 g/mol. The van der Waals surface area contributed by atoms with Crippen molar-refractivity contribution >= 4 is 8.56 Å². The van der Waals surface area contributed by atoms with Gasteiger partial charge in [-0.2, -0.15) is 0 Å². The maximum atomic E-state index is 5.92. The molecule has 1 unspecified atom stereocenters. The molecule has 0 aliphatic carbocycles. The lowest BCUT2D eigenvalue weighted by Gasteiger charge is -2.25. The summed E-state index contributed by atoms with van der Waals surface area (Å²) in [6.45, 7) is 2.72. The molecule has 0 heterocycles. The molecule has 0 spiro atoms. The van der Waals surface area contributed by atoms with Crippen molar-refractivity contribution < 1.29 is 8.85 Å². The monoisotopic (exact) mass is 206 g/mol. The van der Waals surface area contributed by atoms with E-state index in [9.17, 15) is 0 Å². The van der Waals surface area contributed by atoms with Gasteiger partial charge >= 0.3 is 8.56 Å². The summed E-state index contributed by atoms with van der Waals surface area (Å²) in [7, 11) is 1.40. The largest absolute Gasteiger partial charge is 0.398 e. The average Bonchev–Trinajstić information content (AvgIpc) is 2.14. The first-order valence-corrected chi connectivity index (χ1v) is 7.16. The summed E-state index contributed by atoms with van der Waals surface area (Å²) in [6, 6.07) is 0.986. The van der Waals surface area contributed by atoms with E-state index in [-0.39, 0.29) is 6.04 Å². The van der Waals surface area contributed by atoms with E-state index in [1.54, 1.807) is 14.2 Å². The lowest BCUT2D eigenvalue weighted by atomic mass is 10.2. The van der Waals surface area contributed by atoms with Crippen LogP contribution in [0.5, 0.6) is 0 Å². The van der Waals surface area contributed by atoms with E-state index in [1.165, 1.54) is 0 Å². The van der Waals surface area contributed by atoms with Crippen LogP contribution in [0.4, 0.5) is 0 Å². The minimum Gasteiger partial charge on any atom is -0.398 e. The molecule has 4 N–H and O–H groups in total. The fourth-order valence-electron chi connectivity index (χ4n) is 1.21. The van der Waals surface area contributed by atoms with Gasteiger partial charge in [-0.1, -0.05) is 0 Å². The highest BCUT2D eigenvalue weighted by atomic mass is 28.4. The molecule has 0 aliphatic rings. The zero-order chi connectivity index (χ0) is 10.3. The third-order valence-corrected chi connectivity index (χ3v) is 5.27. The molecule has 4 nitrogen and oxygen atoms in total. The Hall–Kier alpha value is 0.0569. The molecule has 0 bridgehead atoms. The van der Waals surface area contributed by atoms with Crippen molar-refractivity contribution in [1.29, 1.82) is 0 Å². The van der Waals surface area contributed by atoms with Crippen LogP contribution in [0.2, 0.25) is 12.6 Å². The van der Waals surface area contributed by atoms with Gasteiger partial charge < -0.3 is 20.3 Å². The van der Waals surface area contributed by atoms with Crippen LogP contribution in [0.15, 0.2) is 0 Å². The van der Waals surface area contributed by atoms with Gasteiger partial charge in [0.05, 0.1) is 0 Å². The molecule has 0 aromatic rings. The quantitative estimate of drug-likeness (QED) is 0.592. The van der Waals surface area contributed by atoms with Gasteiger partial charge in [-0.15, -0.1) is 0 Å². The fraction of sp³-hybridized carbons (Fsp3) is 1.00. The van der Waals surface area contributed by atoms with E-state index in [0.717, 1.165) is 18.9 Å². The standard InChI is InChI=1S/C8H22N2O2Si/c1-11-13(3,12-2)7-8(10)5-4-6-9/h8H,4-7,9-10H2,1-3H3. The van der Waals surface area contributed by atoms with Gasteiger partial charge in [-0.05, 0) is 25.9 Å². The maximum Gasteiger partial charge on any atom is 0.335 e. The molecule has 1 atom stereocenters. The van der Waals surface area contributed by atoms with E-state index in [4.69, 9.17) is 20.3 Å². The molecule has 0 radical (unpaired) electrons. The summed E-state index contributed by atoms with van der Waals surface area (Å²) in [6.07, 6.45) is 1.92. The van der Waals surface area contributed by atoms with Crippen LogP contribution >= 0.6 is 0 Å². The van der Waals surface area contributed by atoms with Crippen LogP contribution in [0.25, 0.3) is 0 Å². The number of hydrogen-bond acceptors (Lipinski definition) is 4. The Balaban J connectivity index is 3.79. The first-order valence-electron chi connectivity index (χ1n) is 4.64. The van der Waals surface area contributed by atoms with Crippen molar-refractivity contribution in [3.05, 3.63) is 0 Å². The molecule has 0 aromatic heterocycles. The molecule has 13 heavy (non-hydrogen) atoms. The normalized spacial score (nSPS) is 14.5. The molecular formula is C8H22N2O2Si. The van der Waals surface area contributed by atoms with Crippen molar-refractivity contribution in [2.24, 2.45) is 11.5 Å². The minimum atomic E-state index is -1.98. The van der Waals surface area contributed by atoms with Crippen molar-refractivity contribution in [3.63, 3.8) is 0 Å². The molecule has 0 aromatic carbocycles. The van der Waals surface area contributed by atoms with E-state index < -0.39 is 8.56 Å². The number of nitrogens with two attached hydrogens (primary N) is 2. The first-order chi connectivity index (χ1) is 6.08. The van der Waals surface area contributed by atoms with Gasteiger partial charge in [0, 0.05) is 26.3 Å². The Morgan fingerprint density at radius 1 is 1.31 bits per heavy atom. The topological polar surface area (TPSA) is 70.5 Å². The maximum absolute atomic E-state index is 5.92. The van der Waals surface area contributed by atoms with Crippen LogP contribution in [0.3, 0.4) is 0 Å².